The smallest absolute Gasteiger partial charge is 0.253 e. The summed E-state index contributed by atoms with van der Waals surface area (Å²) < 4.78 is 0. The Labute approximate surface area is 247 Å². The molecule has 3 aromatic rings. The van der Waals surface area contributed by atoms with Gasteiger partial charge >= 0.3 is 0 Å². The zero-order valence-corrected chi connectivity index (χ0v) is 25.0. The Hall–Kier alpha value is -2.86. The number of likely N-dealkylation sites (N-methyl/N-ethyl adjacent to an activating group) is 1. The van der Waals surface area contributed by atoms with Gasteiger partial charge in [0.05, 0.1) is 10.0 Å². The van der Waals surface area contributed by atoms with Crippen LogP contribution in [0.2, 0.25) is 10.0 Å². The van der Waals surface area contributed by atoms with Crippen molar-refractivity contribution >= 4 is 41.2 Å². The van der Waals surface area contributed by atoms with E-state index in [1.54, 1.807) is 0 Å². The molecule has 7 heteroatoms. The Kier molecular flexibility index (Phi) is 8.55. The minimum atomic E-state index is 0.0244. The van der Waals surface area contributed by atoms with Crippen LogP contribution in [0.15, 0.2) is 60.7 Å². The number of hydrogen-bond donors (Lipinski definition) is 0. The third-order valence-corrected chi connectivity index (χ3v) is 9.46. The third-order valence-electron chi connectivity index (χ3n) is 8.72. The molecule has 0 radical (unpaired) electrons. The highest BCUT2D eigenvalue weighted by Gasteiger charge is 2.44. The van der Waals surface area contributed by atoms with Crippen LogP contribution >= 0.6 is 23.2 Å². The Morgan fingerprint density at radius 1 is 1.00 bits per heavy atom. The largest absolute Gasteiger partial charge is 0.341 e. The fourth-order valence-electron chi connectivity index (χ4n) is 6.60. The molecule has 1 spiro atoms. The Morgan fingerprint density at radius 2 is 1.70 bits per heavy atom. The molecule has 0 unspecified atom stereocenters. The lowest BCUT2D eigenvalue weighted by molar-refractivity contribution is -0.107. The van der Waals surface area contributed by atoms with Crippen LogP contribution in [0.5, 0.6) is 0 Å². The zero-order chi connectivity index (χ0) is 28.4. The number of likely N-dealkylation sites (tertiary alicyclic amines) is 1. The monoisotopic (exact) mass is 577 g/mol. The summed E-state index contributed by atoms with van der Waals surface area (Å²) in [7, 11) is 1.88. The summed E-state index contributed by atoms with van der Waals surface area (Å²) in [5.74, 6) is 0.139. The van der Waals surface area contributed by atoms with Gasteiger partial charge in [-0.1, -0.05) is 64.7 Å². The van der Waals surface area contributed by atoms with Gasteiger partial charge in [-0.25, -0.2) is 0 Å². The summed E-state index contributed by atoms with van der Waals surface area (Å²) in [5.41, 5.74) is 6.38. The van der Waals surface area contributed by atoms with Crippen molar-refractivity contribution in [3.63, 3.8) is 0 Å². The van der Waals surface area contributed by atoms with Gasteiger partial charge in [0.1, 0.15) is 0 Å². The van der Waals surface area contributed by atoms with E-state index in [0.29, 0.717) is 16.6 Å². The second kappa shape index (κ2) is 11.9. The summed E-state index contributed by atoms with van der Waals surface area (Å²) in [6.45, 7) is 8.27. The number of rotatable bonds is 8. The van der Waals surface area contributed by atoms with Crippen LogP contribution in [0.3, 0.4) is 0 Å². The van der Waals surface area contributed by atoms with Crippen LogP contribution in [0, 0.1) is 13.8 Å². The van der Waals surface area contributed by atoms with E-state index in [2.05, 4.69) is 29.2 Å². The van der Waals surface area contributed by atoms with E-state index in [4.69, 9.17) is 23.2 Å². The van der Waals surface area contributed by atoms with Crippen LogP contribution < -0.4 is 4.90 Å². The molecule has 1 atom stereocenters. The lowest BCUT2D eigenvalue weighted by Gasteiger charge is -2.40. The van der Waals surface area contributed by atoms with Crippen molar-refractivity contribution in [2.45, 2.75) is 44.4 Å². The number of para-hydroxylation sites is 1. The Morgan fingerprint density at radius 3 is 2.38 bits per heavy atom. The van der Waals surface area contributed by atoms with Crippen molar-refractivity contribution in [3.8, 4) is 0 Å². The number of halogens is 2. The normalized spacial score (nSPS) is 17.1. The molecule has 0 saturated carbocycles. The van der Waals surface area contributed by atoms with E-state index in [1.165, 1.54) is 5.56 Å². The first kappa shape index (κ1) is 28.7. The molecule has 210 valence electrons. The first-order valence-corrected chi connectivity index (χ1v) is 14.8. The molecule has 0 aliphatic carbocycles. The van der Waals surface area contributed by atoms with E-state index >= 15 is 0 Å². The first-order chi connectivity index (χ1) is 19.2. The van der Waals surface area contributed by atoms with Crippen LogP contribution in [-0.4, -0.2) is 61.9 Å². The topological polar surface area (TPSA) is 43.9 Å². The van der Waals surface area contributed by atoms with Crippen molar-refractivity contribution in [1.29, 1.82) is 0 Å². The maximum Gasteiger partial charge on any atom is 0.253 e. The lowest BCUT2D eigenvalue weighted by Crippen LogP contribution is -2.45. The Bertz CT molecular complexity index is 1380. The number of fused-ring (bicyclic) bond motifs is 2. The minimum Gasteiger partial charge on any atom is -0.341 e. The highest BCUT2D eigenvalue weighted by Crippen LogP contribution is 2.46. The second-order valence-corrected chi connectivity index (χ2v) is 12.4. The van der Waals surface area contributed by atoms with E-state index in [-0.39, 0.29) is 17.2 Å². The quantitative estimate of drug-likeness (QED) is 0.274. The fourth-order valence-corrected chi connectivity index (χ4v) is 6.90. The third kappa shape index (κ3) is 5.93. The fraction of sp³-hybridized carbons (Fsp3) is 0.394. The van der Waals surface area contributed by atoms with Gasteiger partial charge in [-0.3, -0.25) is 9.59 Å². The number of anilines is 1. The molecule has 2 amide bonds. The molecule has 1 fully saturated rings. The Balaban J connectivity index is 1.28. The van der Waals surface area contributed by atoms with Gasteiger partial charge in [0.25, 0.3) is 5.91 Å². The second-order valence-electron chi connectivity index (χ2n) is 11.6. The summed E-state index contributed by atoms with van der Waals surface area (Å²) >= 11 is 12.7. The van der Waals surface area contributed by atoms with Crippen LogP contribution in [0.4, 0.5) is 5.69 Å². The summed E-state index contributed by atoms with van der Waals surface area (Å²) in [6, 6.07) is 20.2. The molecule has 0 aromatic heterocycles. The molecule has 1 saturated heterocycles. The summed E-state index contributed by atoms with van der Waals surface area (Å²) in [4.78, 5) is 31.3. The number of benzene rings is 3. The molecular weight excluding hydrogens is 541 g/mol. The van der Waals surface area contributed by atoms with Crippen molar-refractivity contribution in [3.05, 3.63) is 98.5 Å². The average molecular weight is 579 g/mol. The van der Waals surface area contributed by atoms with Gasteiger partial charge in [-0.05, 0) is 94.2 Å². The van der Waals surface area contributed by atoms with E-state index in [9.17, 15) is 9.59 Å². The lowest BCUT2D eigenvalue weighted by atomic mass is 9.74. The van der Waals surface area contributed by atoms with Crippen molar-refractivity contribution in [1.82, 2.24) is 9.80 Å². The SMILES string of the molecule is Cc1cc(C)cc(C(=O)N(C)C[C@@H](CCN2CCC3(CC2)CN(C=O)c2ccccc23)c2ccc(Cl)c(Cl)c2)c1. The standard InChI is InChI=1S/C33H37Cl2N3O2/c1-23-16-24(2)18-27(17-23)32(40)36(3)20-26(25-8-9-29(34)30(35)19-25)10-13-37-14-11-33(12-15-37)21-38(22-39)31-7-5-4-6-28(31)33/h4-9,16-19,22,26H,10-15,20-21H2,1-3H3/t26-/m1/s1. The van der Waals surface area contributed by atoms with Crippen LogP contribution in [-0.2, 0) is 10.2 Å². The molecule has 3 aromatic carbocycles. The number of amides is 2. The molecule has 0 bridgehead atoms. The van der Waals surface area contributed by atoms with Crippen molar-refractivity contribution in [2.24, 2.45) is 0 Å². The molecule has 40 heavy (non-hydrogen) atoms. The predicted molar refractivity (Wildman–Crippen MR) is 164 cm³/mol. The van der Waals surface area contributed by atoms with Gasteiger partial charge in [-0.15, -0.1) is 0 Å². The van der Waals surface area contributed by atoms with Crippen molar-refractivity contribution in [2.75, 3.05) is 44.7 Å². The summed E-state index contributed by atoms with van der Waals surface area (Å²) in [5, 5.41) is 1.07. The molecule has 5 nitrogen and oxygen atoms in total. The zero-order valence-electron chi connectivity index (χ0n) is 23.5. The van der Waals surface area contributed by atoms with Crippen LogP contribution in [0.1, 0.15) is 57.8 Å². The van der Waals surface area contributed by atoms with Crippen molar-refractivity contribution < 1.29 is 9.59 Å². The highest BCUT2D eigenvalue weighted by molar-refractivity contribution is 6.42. The molecule has 5 rings (SSSR count). The van der Waals surface area contributed by atoms with Gasteiger partial charge in [-0.2, -0.15) is 0 Å². The minimum absolute atomic E-state index is 0.0244. The number of hydrogen-bond acceptors (Lipinski definition) is 3. The van der Waals surface area contributed by atoms with E-state index in [0.717, 1.165) is 79.8 Å². The van der Waals surface area contributed by atoms with Crippen LogP contribution in [0.25, 0.3) is 0 Å². The molecular formula is C33H37Cl2N3O2. The van der Waals surface area contributed by atoms with Gasteiger partial charge in [0.2, 0.25) is 6.41 Å². The van der Waals surface area contributed by atoms with Gasteiger partial charge in [0.15, 0.2) is 0 Å². The first-order valence-electron chi connectivity index (χ1n) is 14.0. The molecule has 0 N–H and O–H groups in total. The molecule has 2 heterocycles. The number of nitrogens with zero attached hydrogens (tertiary/aromatic N) is 3. The number of piperidine rings is 1. The number of aryl methyl sites for hydroxylation is 2. The maximum absolute atomic E-state index is 13.4. The predicted octanol–water partition coefficient (Wildman–Crippen LogP) is 6.87. The summed E-state index contributed by atoms with van der Waals surface area (Å²) in [6.07, 6.45) is 3.91. The molecule has 2 aliphatic rings. The maximum atomic E-state index is 13.4. The average Bonchev–Trinajstić information content (AvgIpc) is 3.25. The van der Waals surface area contributed by atoms with Gasteiger partial charge in [0, 0.05) is 42.7 Å². The van der Waals surface area contributed by atoms with Gasteiger partial charge < -0.3 is 14.7 Å². The number of carbonyl (C=O) groups is 2. The molecule has 2 aliphatic heterocycles. The van der Waals surface area contributed by atoms with E-state index < -0.39 is 0 Å². The van der Waals surface area contributed by atoms with E-state index in [1.807, 2.05) is 67.1 Å². The highest BCUT2D eigenvalue weighted by atomic mass is 35.5. The number of carbonyl (C=O) groups excluding carboxylic acids is 2.